The van der Waals surface area contributed by atoms with E-state index in [1.165, 1.54) is 12.1 Å². The Labute approximate surface area is 103 Å². The highest BCUT2D eigenvalue weighted by atomic mass is 79.9. The molecule has 1 aromatic rings. The molecule has 1 aromatic carbocycles. The summed E-state index contributed by atoms with van der Waals surface area (Å²) in [5.41, 5.74) is 4.94. The summed E-state index contributed by atoms with van der Waals surface area (Å²) in [7, 11) is 0. The Kier molecular flexibility index (Phi) is 4.21. The molecule has 0 aliphatic heterocycles. The predicted octanol–water partition coefficient (Wildman–Crippen LogP) is 3.29. The molecule has 4 heteroatoms. The van der Waals surface area contributed by atoms with Crippen LogP contribution < -0.4 is 5.73 Å². The maximum atomic E-state index is 13.5. The van der Waals surface area contributed by atoms with Crippen molar-refractivity contribution in [2.24, 2.45) is 5.73 Å². The molecule has 0 radical (unpaired) electrons. The van der Waals surface area contributed by atoms with Crippen LogP contribution in [-0.4, -0.2) is 11.3 Å². The van der Waals surface area contributed by atoms with E-state index in [4.69, 9.17) is 5.73 Å². The van der Waals surface area contributed by atoms with Crippen LogP contribution in [0.5, 0.6) is 0 Å². The summed E-state index contributed by atoms with van der Waals surface area (Å²) in [5.74, 6) is -0.880. The number of hydrogen-bond donors (Lipinski definition) is 1. The maximum absolute atomic E-state index is 13.5. The van der Waals surface area contributed by atoms with E-state index in [1.54, 1.807) is 13.0 Å². The van der Waals surface area contributed by atoms with Gasteiger partial charge in [-0.05, 0) is 31.5 Å². The second kappa shape index (κ2) is 5.06. The molecule has 1 unspecified atom stereocenters. The van der Waals surface area contributed by atoms with Gasteiger partial charge in [0, 0.05) is 4.47 Å². The summed E-state index contributed by atoms with van der Waals surface area (Å²) in [4.78, 5) is 12.0. The largest absolute Gasteiger partial charge is 0.319 e. The minimum atomic E-state index is -1.00. The third kappa shape index (κ3) is 2.89. The van der Waals surface area contributed by atoms with Crippen molar-refractivity contribution in [2.75, 3.05) is 0 Å². The molecule has 2 nitrogen and oxygen atoms in total. The quantitative estimate of drug-likeness (QED) is 0.864. The Bertz CT molecular complexity index is 404. The van der Waals surface area contributed by atoms with Gasteiger partial charge in [0.05, 0.1) is 11.1 Å². The van der Waals surface area contributed by atoms with Crippen molar-refractivity contribution in [3.63, 3.8) is 0 Å². The van der Waals surface area contributed by atoms with Gasteiger partial charge in [-0.3, -0.25) is 4.79 Å². The highest BCUT2D eigenvalue weighted by Gasteiger charge is 2.30. The van der Waals surface area contributed by atoms with Crippen LogP contribution in [0.1, 0.15) is 37.0 Å². The standard InChI is InChI=1S/C12H15BrFNO/c1-3-6-12(2,15)11(16)9-7-8(13)4-5-10(9)14/h4-5,7H,3,6,15H2,1-2H3. The molecule has 16 heavy (non-hydrogen) atoms. The minimum absolute atomic E-state index is 0.0489. The Hall–Kier alpha value is -0.740. The third-order valence-corrected chi connectivity index (χ3v) is 2.95. The molecule has 0 heterocycles. The molecular formula is C12H15BrFNO. The highest BCUT2D eigenvalue weighted by Crippen LogP contribution is 2.21. The van der Waals surface area contributed by atoms with Gasteiger partial charge in [0.2, 0.25) is 0 Å². The van der Waals surface area contributed by atoms with E-state index in [9.17, 15) is 9.18 Å². The molecule has 88 valence electrons. The van der Waals surface area contributed by atoms with Gasteiger partial charge < -0.3 is 5.73 Å². The predicted molar refractivity (Wildman–Crippen MR) is 65.9 cm³/mol. The number of nitrogens with two attached hydrogens (primary N) is 1. The van der Waals surface area contributed by atoms with Crippen LogP contribution in [0.15, 0.2) is 22.7 Å². The fourth-order valence-corrected chi connectivity index (χ4v) is 1.97. The Balaban J connectivity index is 3.09. The molecule has 0 aliphatic rings. The summed E-state index contributed by atoms with van der Waals surface area (Å²) in [6, 6.07) is 4.29. The summed E-state index contributed by atoms with van der Waals surface area (Å²) >= 11 is 3.21. The second-order valence-electron chi connectivity index (χ2n) is 4.12. The molecule has 0 saturated carbocycles. The molecule has 1 atom stereocenters. The Morgan fingerprint density at radius 1 is 1.56 bits per heavy atom. The van der Waals surface area contributed by atoms with Crippen molar-refractivity contribution in [3.05, 3.63) is 34.1 Å². The molecule has 0 aliphatic carbocycles. The number of ketones is 1. The summed E-state index contributed by atoms with van der Waals surface area (Å²) in [6.45, 7) is 3.58. The SMILES string of the molecule is CCCC(C)(N)C(=O)c1cc(Br)ccc1F. The first-order valence-corrected chi connectivity index (χ1v) is 5.96. The lowest BCUT2D eigenvalue weighted by Gasteiger charge is -2.22. The lowest BCUT2D eigenvalue weighted by Crippen LogP contribution is -2.45. The van der Waals surface area contributed by atoms with Gasteiger partial charge in [0.25, 0.3) is 0 Å². The molecule has 0 saturated heterocycles. The number of Topliss-reactive ketones (excluding diaryl/α,β-unsaturated/α-hetero) is 1. The molecule has 1 rings (SSSR count). The van der Waals surface area contributed by atoms with Crippen LogP contribution in [0.2, 0.25) is 0 Å². The number of benzene rings is 1. The van der Waals surface area contributed by atoms with Crippen molar-refractivity contribution in [2.45, 2.75) is 32.2 Å². The van der Waals surface area contributed by atoms with Gasteiger partial charge in [-0.1, -0.05) is 29.3 Å². The fourth-order valence-electron chi connectivity index (χ4n) is 1.61. The van der Waals surface area contributed by atoms with Crippen LogP contribution in [0.25, 0.3) is 0 Å². The lowest BCUT2D eigenvalue weighted by molar-refractivity contribution is 0.0888. The molecule has 0 spiro atoms. The molecule has 0 aromatic heterocycles. The van der Waals surface area contributed by atoms with Gasteiger partial charge in [-0.15, -0.1) is 0 Å². The van der Waals surface area contributed by atoms with Gasteiger partial charge in [-0.2, -0.15) is 0 Å². The summed E-state index contributed by atoms with van der Waals surface area (Å²) < 4.78 is 14.2. The normalized spacial score (nSPS) is 14.6. The van der Waals surface area contributed by atoms with Gasteiger partial charge in [0.15, 0.2) is 5.78 Å². The van der Waals surface area contributed by atoms with Gasteiger partial charge >= 0.3 is 0 Å². The highest BCUT2D eigenvalue weighted by molar-refractivity contribution is 9.10. The van der Waals surface area contributed by atoms with E-state index in [0.717, 1.165) is 6.42 Å². The van der Waals surface area contributed by atoms with Crippen LogP contribution in [0.3, 0.4) is 0 Å². The van der Waals surface area contributed by atoms with Crippen LogP contribution >= 0.6 is 15.9 Å². The Morgan fingerprint density at radius 2 is 2.19 bits per heavy atom. The lowest BCUT2D eigenvalue weighted by atomic mass is 9.88. The first-order valence-electron chi connectivity index (χ1n) is 5.17. The molecule has 0 bridgehead atoms. The Morgan fingerprint density at radius 3 is 2.75 bits per heavy atom. The smallest absolute Gasteiger partial charge is 0.185 e. The van der Waals surface area contributed by atoms with Crippen LogP contribution in [-0.2, 0) is 0 Å². The molecular weight excluding hydrogens is 273 g/mol. The first-order chi connectivity index (χ1) is 7.38. The van der Waals surface area contributed by atoms with Crippen molar-refractivity contribution in [1.29, 1.82) is 0 Å². The van der Waals surface area contributed by atoms with Crippen molar-refractivity contribution in [1.82, 2.24) is 0 Å². The first kappa shape index (κ1) is 13.3. The number of rotatable bonds is 4. The maximum Gasteiger partial charge on any atom is 0.185 e. The monoisotopic (exact) mass is 287 g/mol. The van der Waals surface area contributed by atoms with E-state index in [-0.39, 0.29) is 11.3 Å². The third-order valence-electron chi connectivity index (χ3n) is 2.46. The average molecular weight is 288 g/mol. The number of hydrogen-bond acceptors (Lipinski definition) is 2. The van der Waals surface area contributed by atoms with Crippen molar-refractivity contribution < 1.29 is 9.18 Å². The zero-order valence-corrected chi connectivity index (χ0v) is 11.0. The zero-order chi connectivity index (χ0) is 12.3. The van der Waals surface area contributed by atoms with E-state index in [0.29, 0.717) is 10.9 Å². The number of halogens is 2. The molecule has 0 amide bonds. The molecule has 2 N–H and O–H groups in total. The van der Waals surface area contributed by atoms with E-state index in [2.05, 4.69) is 15.9 Å². The zero-order valence-electron chi connectivity index (χ0n) is 9.39. The van der Waals surface area contributed by atoms with Gasteiger partial charge in [-0.25, -0.2) is 4.39 Å². The average Bonchev–Trinajstić information content (AvgIpc) is 2.20. The number of carbonyl (C=O) groups is 1. The van der Waals surface area contributed by atoms with Crippen LogP contribution in [0, 0.1) is 5.82 Å². The topological polar surface area (TPSA) is 43.1 Å². The van der Waals surface area contributed by atoms with E-state index >= 15 is 0 Å². The molecule has 0 fully saturated rings. The van der Waals surface area contributed by atoms with Gasteiger partial charge in [0.1, 0.15) is 5.82 Å². The van der Waals surface area contributed by atoms with Crippen LogP contribution in [0.4, 0.5) is 4.39 Å². The second-order valence-corrected chi connectivity index (χ2v) is 5.04. The summed E-state index contributed by atoms with van der Waals surface area (Å²) in [6.07, 6.45) is 1.33. The van der Waals surface area contributed by atoms with E-state index < -0.39 is 11.4 Å². The number of carbonyl (C=O) groups excluding carboxylic acids is 1. The summed E-state index contributed by atoms with van der Waals surface area (Å²) in [5, 5.41) is 0. The van der Waals surface area contributed by atoms with E-state index in [1.807, 2.05) is 6.92 Å². The minimum Gasteiger partial charge on any atom is -0.319 e. The van der Waals surface area contributed by atoms with Crippen molar-refractivity contribution >= 4 is 21.7 Å². The van der Waals surface area contributed by atoms with Crippen molar-refractivity contribution in [3.8, 4) is 0 Å². The fraction of sp³-hybridized carbons (Fsp3) is 0.417.